The van der Waals surface area contributed by atoms with Gasteiger partial charge in [0.15, 0.2) is 6.04 Å². The van der Waals surface area contributed by atoms with Gasteiger partial charge in [-0.2, -0.15) is 0 Å². The molecule has 0 N–H and O–H groups in total. The first-order valence-corrected chi connectivity index (χ1v) is 11.9. The minimum Gasteiger partial charge on any atom is -0.488 e. The Bertz CT molecular complexity index is 1250. The summed E-state index contributed by atoms with van der Waals surface area (Å²) < 4.78 is 11.3. The lowest BCUT2D eigenvalue weighted by Crippen LogP contribution is -2.37. The number of thiocarbonyl (C=S) groups is 1. The predicted octanol–water partition coefficient (Wildman–Crippen LogP) is 6.03. The third-order valence-electron chi connectivity index (χ3n) is 5.13. The molecular formula is C26H20ClNO4S2. The van der Waals surface area contributed by atoms with Crippen molar-refractivity contribution in [2.75, 3.05) is 7.11 Å². The lowest BCUT2D eigenvalue weighted by molar-refractivity contribution is -0.148. The molecule has 1 atom stereocenters. The zero-order chi connectivity index (χ0) is 24.1. The van der Waals surface area contributed by atoms with E-state index in [4.69, 9.17) is 33.3 Å². The Labute approximate surface area is 212 Å². The first-order chi connectivity index (χ1) is 16.5. The Hall–Kier alpha value is -3.13. The average molecular weight is 510 g/mol. The molecule has 0 radical (unpaired) electrons. The van der Waals surface area contributed by atoms with Crippen LogP contribution in [0.25, 0.3) is 6.08 Å². The van der Waals surface area contributed by atoms with Gasteiger partial charge in [-0.3, -0.25) is 9.69 Å². The van der Waals surface area contributed by atoms with E-state index in [0.29, 0.717) is 27.8 Å². The van der Waals surface area contributed by atoms with Crippen molar-refractivity contribution in [1.29, 1.82) is 0 Å². The Morgan fingerprint density at radius 2 is 1.74 bits per heavy atom. The standard InChI is InChI=1S/C26H20ClNO4S2/c1-31-25(30)23(18-7-3-2-4-8-18)28-24(29)22(34-26(28)33)15-19-9-5-6-10-21(19)32-16-17-11-13-20(27)14-12-17/h2-15,23H,16H2,1H3/b22-15+. The maximum Gasteiger partial charge on any atom is 0.333 e. The van der Waals surface area contributed by atoms with Gasteiger partial charge in [0.1, 0.15) is 16.7 Å². The summed E-state index contributed by atoms with van der Waals surface area (Å²) in [6.07, 6.45) is 1.73. The Morgan fingerprint density at radius 3 is 2.44 bits per heavy atom. The molecule has 4 rings (SSSR count). The topological polar surface area (TPSA) is 55.8 Å². The fourth-order valence-electron chi connectivity index (χ4n) is 3.45. The molecule has 34 heavy (non-hydrogen) atoms. The monoisotopic (exact) mass is 509 g/mol. The van der Waals surface area contributed by atoms with Crippen LogP contribution in [0.15, 0.2) is 83.8 Å². The zero-order valence-electron chi connectivity index (χ0n) is 18.1. The summed E-state index contributed by atoms with van der Waals surface area (Å²) >= 11 is 12.6. The molecule has 1 fully saturated rings. The summed E-state index contributed by atoms with van der Waals surface area (Å²) in [5.41, 5.74) is 2.32. The van der Waals surface area contributed by atoms with Crippen molar-refractivity contribution in [2.24, 2.45) is 0 Å². The first kappa shape index (κ1) is 24.0. The van der Waals surface area contributed by atoms with Crippen molar-refractivity contribution in [3.05, 3.63) is 105 Å². The van der Waals surface area contributed by atoms with Crippen molar-refractivity contribution in [3.63, 3.8) is 0 Å². The molecule has 172 valence electrons. The van der Waals surface area contributed by atoms with E-state index >= 15 is 0 Å². The van der Waals surface area contributed by atoms with Gasteiger partial charge in [0, 0.05) is 10.6 Å². The number of carbonyl (C=O) groups is 2. The van der Waals surface area contributed by atoms with E-state index in [-0.39, 0.29) is 10.2 Å². The number of hydrogen-bond donors (Lipinski definition) is 0. The minimum atomic E-state index is -0.957. The summed E-state index contributed by atoms with van der Waals surface area (Å²) in [5.74, 6) is -0.299. The van der Waals surface area contributed by atoms with E-state index in [0.717, 1.165) is 22.9 Å². The molecule has 0 aliphatic carbocycles. The Morgan fingerprint density at radius 1 is 1.06 bits per heavy atom. The van der Waals surface area contributed by atoms with Gasteiger partial charge in [-0.25, -0.2) is 4.79 Å². The number of amides is 1. The highest BCUT2D eigenvalue weighted by molar-refractivity contribution is 8.26. The summed E-state index contributed by atoms with van der Waals surface area (Å²) in [6, 6.07) is 22.8. The van der Waals surface area contributed by atoms with Crippen LogP contribution in [0.3, 0.4) is 0 Å². The normalized spacial score (nSPS) is 15.5. The van der Waals surface area contributed by atoms with Crippen LogP contribution >= 0.6 is 35.6 Å². The van der Waals surface area contributed by atoms with Crippen LogP contribution in [0, 0.1) is 0 Å². The number of esters is 1. The Kier molecular flexibility index (Phi) is 7.67. The number of thioether (sulfide) groups is 1. The third kappa shape index (κ3) is 5.33. The van der Waals surface area contributed by atoms with Crippen LogP contribution in [0.5, 0.6) is 5.75 Å². The van der Waals surface area contributed by atoms with Crippen molar-refractivity contribution < 1.29 is 19.1 Å². The molecule has 5 nitrogen and oxygen atoms in total. The van der Waals surface area contributed by atoms with Crippen LogP contribution in [-0.4, -0.2) is 28.2 Å². The number of halogens is 1. The quantitative estimate of drug-likeness (QED) is 0.220. The van der Waals surface area contributed by atoms with Crippen molar-refractivity contribution >= 4 is 57.9 Å². The summed E-state index contributed by atoms with van der Waals surface area (Å²) in [5, 5.41) is 0.659. The van der Waals surface area contributed by atoms with Crippen LogP contribution < -0.4 is 4.74 Å². The molecule has 1 heterocycles. The van der Waals surface area contributed by atoms with Crippen LogP contribution in [0.4, 0.5) is 0 Å². The fraction of sp³-hybridized carbons (Fsp3) is 0.115. The maximum atomic E-state index is 13.4. The van der Waals surface area contributed by atoms with E-state index in [2.05, 4.69) is 0 Å². The molecule has 8 heteroatoms. The predicted molar refractivity (Wildman–Crippen MR) is 138 cm³/mol. The van der Waals surface area contributed by atoms with Gasteiger partial charge in [-0.1, -0.05) is 96.2 Å². The van der Waals surface area contributed by atoms with Crippen molar-refractivity contribution in [1.82, 2.24) is 4.90 Å². The Balaban J connectivity index is 1.60. The van der Waals surface area contributed by atoms with Crippen LogP contribution in [0.1, 0.15) is 22.7 Å². The highest BCUT2D eigenvalue weighted by Crippen LogP contribution is 2.39. The molecule has 1 amide bonds. The van der Waals surface area contributed by atoms with Gasteiger partial charge in [-0.15, -0.1) is 0 Å². The van der Waals surface area contributed by atoms with E-state index in [1.165, 1.54) is 12.0 Å². The van der Waals surface area contributed by atoms with Crippen molar-refractivity contribution in [2.45, 2.75) is 12.6 Å². The second-order valence-electron chi connectivity index (χ2n) is 7.34. The molecule has 3 aromatic rings. The SMILES string of the molecule is COC(=O)C(c1ccccc1)N1C(=O)/C(=C\c2ccccc2OCc2ccc(Cl)cc2)SC1=S. The lowest BCUT2D eigenvalue weighted by Gasteiger charge is -2.24. The molecule has 0 spiro atoms. The highest BCUT2D eigenvalue weighted by Gasteiger charge is 2.41. The molecule has 0 bridgehead atoms. The summed E-state index contributed by atoms with van der Waals surface area (Å²) in [4.78, 5) is 27.7. The smallest absolute Gasteiger partial charge is 0.333 e. The second-order valence-corrected chi connectivity index (χ2v) is 9.45. The number of rotatable bonds is 7. The molecule has 0 aromatic heterocycles. The van der Waals surface area contributed by atoms with E-state index in [1.807, 2.05) is 54.6 Å². The highest BCUT2D eigenvalue weighted by atomic mass is 35.5. The summed E-state index contributed by atoms with van der Waals surface area (Å²) in [6.45, 7) is 0.349. The van der Waals surface area contributed by atoms with Gasteiger partial charge in [0.2, 0.25) is 0 Å². The van der Waals surface area contributed by atoms with Gasteiger partial charge >= 0.3 is 5.97 Å². The maximum absolute atomic E-state index is 13.4. The number of nitrogens with zero attached hydrogens (tertiary/aromatic N) is 1. The first-order valence-electron chi connectivity index (χ1n) is 10.3. The number of hydrogen-bond acceptors (Lipinski definition) is 6. The molecule has 1 aliphatic heterocycles. The lowest BCUT2D eigenvalue weighted by atomic mass is 10.1. The zero-order valence-corrected chi connectivity index (χ0v) is 20.5. The van der Waals surface area contributed by atoms with E-state index in [1.54, 1.807) is 30.3 Å². The number of methoxy groups -OCH3 is 1. The fourth-order valence-corrected chi connectivity index (χ4v) is 4.88. The number of carbonyl (C=O) groups excluding carboxylic acids is 2. The average Bonchev–Trinajstić information content (AvgIpc) is 3.13. The molecule has 1 saturated heterocycles. The summed E-state index contributed by atoms with van der Waals surface area (Å²) in [7, 11) is 1.29. The number of para-hydroxylation sites is 1. The molecule has 1 unspecified atom stereocenters. The minimum absolute atomic E-state index is 0.287. The molecular weight excluding hydrogens is 490 g/mol. The van der Waals surface area contributed by atoms with Crippen LogP contribution in [0.2, 0.25) is 5.02 Å². The largest absolute Gasteiger partial charge is 0.488 e. The van der Waals surface area contributed by atoms with Gasteiger partial charge in [-0.05, 0) is 35.4 Å². The number of benzene rings is 3. The van der Waals surface area contributed by atoms with Gasteiger partial charge in [0.25, 0.3) is 5.91 Å². The van der Waals surface area contributed by atoms with Gasteiger partial charge in [0.05, 0.1) is 12.0 Å². The third-order valence-corrected chi connectivity index (χ3v) is 6.72. The van der Waals surface area contributed by atoms with E-state index < -0.39 is 12.0 Å². The van der Waals surface area contributed by atoms with Crippen molar-refractivity contribution in [3.8, 4) is 5.75 Å². The molecule has 1 aliphatic rings. The van der Waals surface area contributed by atoms with E-state index in [9.17, 15) is 9.59 Å². The second kappa shape index (κ2) is 10.9. The number of ether oxygens (including phenoxy) is 2. The molecule has 0 saturated carbocycles. The molecule has 3 aromatic carbocycles. The van der Waals surface area contributed by atoms with Crippen LogP contribution in [-0.2, 0) is 20.9 Å². The van der Waals surface area contributed by atoms with Gasteiger partial charge < -0.3 is 9.47 Å².